The van der Waals surface area contributed by atoms with Gasteiger partial charge in [-0.25, -0.2) is 12.8 Å². The van der Waals surface area contributed by atoms with Crippen LogP contribution in [0.5, 0.6) is 5.75 Å². The van der Waals surface area contributed by atoms with Crippen molar-refractivity contribution in [3.63, 3.8) is 0 Å². The van der Waals surface area contributed by atoms with E-state index in [1.165, 1.54) is 25.3 Å². The topological polar surface area (TPSA) is 69.4 Å². The second-order valence-electron chi connectivity index (χ2n) is 4.57. The number of halogens is 1. The van der Waals surface area contributed by atoms with E-state index >= 15 is 0 Å². The normalized spacial score (nSPS) is 11.4. The van der Waals surface area contributed by atoms with Gasteiger partial charge >= 0.3 is 0 Å². The van der Waals surface area contributed by atoms with Crippen molar-refractivity contribution in [2.45, 2.75) is 17.2 Å². The highest BCUT2D eigenvalue weighted by Crippen LogP contribution is 2.23. The molecule has 0 aliphatic rings. The molecule has 0 atom stereocenters. The molecular weight excluding hydrogens is 293 g/mol. The third-order valence-electron chi connectivity index (χ3n) is 3.08. The molecule has 0 heterocycles. The maximum Gasteiger partial charge on any atom is 0.182 e. The Morgan fingerprint density at radius 3 is 2.57 bits per heavy atom. The van der Waals surface area contributed by atoms with Crippen LogP contribution >= 0.6 is 0 Å². The van der Waals surface area contributed by atoms with Gasteiger partial charge in [0.25, 0.3) is 0 Å². The number of hydrogen-bond acceptors (Lipinski definition) is 4. The van der Waals surface area contributed by atoms with Crippen molar-refractivity contribution >= 4 is 9.84 Å². The van der Waals surface area contributed by atoms with Crippen LogP contribution in [0.2, 0.25) is 0 Å². The maximum absolute atomic E-state index is 13.2. The van der Waals surface area contributed by atoms with Gasteiger partial charge in [-0.05, 0) is 35.9 Å². The molecule has 0 saturated heterocycles. The molecule has 0 aromatic heterocycles. The van der Waals surface area contributed by atoms with Crippen LogP contribution < -0.4 is 10.5 Å². The van der Waals surface area contributed by atoms with E-state index in [-0.39, 0.29) is 17.2 Å². The van der Waals surface area contributed by atoms with Gasteiger partial charge in [0.05, 0.1) is 17.8 Å². The molecular formula is C15H16FNO3S. The number of nitrogens with two attached hydrogens (primary N) is 1. The lowest BCUT2D eigenvalue weighted by molar-refractivity contribution is 0.409. The molecule has 2 aromatic rings. The monoisotopic (exact) mass is 309 g/mol. The highest BCUT2D eigenvalue weighted by molar-refractivity contribution is 7.90. The maximum atomic E-state index is 13.2. The number of sulfone groups is 1. The Kier molecular flexibility index (Phi) is 4.59. The van der Waals surface area contributed by atoms with Gasteiger partial charge in [-0.2, -0.15) is 0 Å². The van der Waals surface area contributed by atoms with Gasteiger partial charge in [-0.3, -0.25) is 0 Å². The molecule has 0 amide bonds. The van der Waals surface area contributed by atoms with Gasteiger partial charge in [0.2, 0.25) is 0 Å². The standard InChI is InChI=1S/C15H16FNO3S/c1-20-15-6-5-11(7-12(15)9-17)10-21(18,19)14-4-2-3-13(16)8-14/h2-8H,9-10,17H2,1H3. The zero-order valence-electron chi connectivity index (χ0n) is 11.5. The van der Waals surface area contributed by atoms with Crippen LogP contribution in [0.3, 0.4) is 0 Å². The third kappa shape index (κ3) is 3.59. The Morgan fingerprint density at radius 1 is 1.19 bits per heavy atom. The highest BCUT2D eigenvalue weighted by Gasteiger charge is 2.17. The molecule has 0 bridgehead atoms. The van der Waals surface area contributed by atoms with Crippen molar-refractivity contribution in [3.8, 4) is 5.75 Å². The van der Waals surface area contributed by atoms with E-state index in [0.717, 1.165) is 11.6 Å². The molecule has 2 rings (SSSR count). The Hall–Kier alpha value is -1.92. The van der Waals surface area contributed by atoms with Gasteiger partial charge < -0.3 is 10.5 Å². The van der Waals surface area contributed by atoms with Crippen LogP contribution in [-0.4, -0.2) is 15.5 Å². The fourth-order valence-electron chi connectivity index (χ4n) is 2.04. The molecule has 0 saturated carbocycles. The summed E-state index contributed by atoms with van der Waals surface area (Å²) < 4.78 is 42.9. The predicted molar refractivity (Wildman–Crippen MR) is 78.2 cm³/mol. The van der Waals surface area contributed by atoms with Crippen LogP contribution in [0.15, 0.2) is 47.4 Å². The van der Waals surface area contributed by atoms with Crippen molar-refractivity contribution in [2.24, 2.45) is 5.73 Å². The fraction of sp³-hybridized carbons (Fsp3) is 0.200. The molecule has 0 fully saturated rings. The molecule has 2 aromatic carbocycles. The predicted octanol–water partition coefficient (Wildman–Crippen LogP) is 2.27. The van der Waals surface area contributed by atoms with Gasteiger partial charge in [-0.1, -0.05) is 12.1 Å². The fourth-order valence-corrected chi connectivity index (χ4v) is 3.41. The summed E-state index contributed by atoms with van der Waals surface area (Å²) in [5.41, 5.74) is 6.92. The summed E-state index contributed by atoms with van der Waals surface area (Å²) in [5, 5.41) is 0. The number of methoxy groups -OCH3 is 1. The van der Waals surface area contributed by atoms with Gasteiger partial charge in [0.1, 0.15) is 11.6 Å². The second-order valence-corrected chi connectivity index (χ2v) is 6.56. The first-order valence-electron chi connectivity index (χ1n) is 6.30. The third-order valence-corrected chi connectivity index (χ3v) is 4.76. The lowest BCUT2D eigenvalue weighted by atomic mass is 10.1. The lowest BCUT2D eigenvalue weighted by Crippen LogP contribution is -2.07. The summed E-state index contributed by atoms with van der Waals surface area (Å²) in [6.45, 7) is 0.247. The van der Waals surface area contributed by atoms with Crippen molar-refractivity contribution in [1.82, 2.24) is 0 Å². The largest absolute Gasteiger partial charge is 0.496 e. The van der Waals surface area contributed by atoms with Crippen molar-refractivity contribution in [2.75, 3.05) is 7.11 Å². The summed E-state index contributed by atoms with van der Waals surface area (Å²) in [7, 11) is -2.08. The molecule has 0 spiro atoms. The quantitative estimate of drug-likeness (QED) is 0.920. The van der Waals surface area contributed by atoms with Crippen LogP contribution in [0, 0.1) is 5.82 Å². The minimum Gasteiger partial charge on any atom is -0.496 e. The molecule has 2 N–H and O–H groups in total. The van der Waals surface area contributed by atoms with Crippen LogP contribution in [0.25, 0.3) is 0 Å². The minimum atomic E-state index is -3.60. The Labute approximate surface area is 123 Å². The van der Waals surface area contributed by atoms with E-state index in [1.807, 2.05) is 0 Å². The number of hydrogen-bond donors (Lipinski definition) is 1. The first-order chi connectivity index (χ1) is 9.96. The molecule has 21 heavy (non-hydrogen) atoms. The lowest BCUT2D eigenvalue weighted by Gasteiger charge is -2.10. The Bertz CT molecular complexity index is 744. The zero-order chi connectivity index (χ0) is 15.5. The van der Waals surface area contributed by atoms with Crippen LogP contribution in [0.1, 0.15) is 11.1 Å². The summed E-state index contributed by atoms with van der Waals surface area (Å²) in [6.07, 6.45) is 0. The van der Waals surface area contributed by atoms with E-state index in [0.29, 0.717) is 11.3 Å². The van der Waals surface area contributed by atoms with Crippen molar-refractivity contribution in [1.29, 1.82) is 0 Å². The van der Waals surface area contributed by atoms with Gasteiger partial charge in [0, 0.05) is 12.1 Å². The Balaban J connectivity index is 2.33. The molecule has 0 radical (unpaired) electrons. The van der Waals surface area contributed by atoms with E-state index in [4.69, 9.17) is 10.5 Å². The van der Waals surface area contributed by atoms with Gasteiger partial charge in [0.15, 0.2) is 9.84 Å². The summed E-state index contributed by atoms with van der Waals surface area (Å²) >= 11 is 0. The average Bonchev–Trinajstić information content (AvgIpc) is 2.46. The summed E-state index contributed by atoms with van der Waals surface area (Å²) in [4.78, 5) is -0.0346. The van der Waals surface area contributed by atoms with Crippen molar-refractivity contribution in [3.05, 3.63) is 59.4 Å². The number of rotatable bonds is 5. The highest BCUT2D eigenvalue weighted by atomic mass is 32.2. The molecule has 6 heteroatoms. The first-order valence-corrected chi connectivity index (χ1v) is 7.95. The number of ether oxygens (including phenoxy) is 1. The SMILES string of the molecule is COc1ccc(CS(=O)(=O)c2cccc(F)c2)cc1CN. The van der Waals surface area contributed by atoms with E-state index in [2.05, 4.69) is 0 Å². The van der Waals surface area contributed by atoms with Crippen molar-refractivity contribution < 1.29 is 17.5 Å². The average molecular weight is 309 g/mol. The summed E-state index contributed by atoms with van der Waals surface area (Å²) in [6, 6.07) is 10.0. The Morgan fingerprint density at radius 2 is 1.95 bits per heavy atom. The zero-order valence-corrected chi connectivity index (χ0v) is 12.4. The number of benzene rings is 2. The first kappa shape index (κ1) is 15.5. The van der Waals surface area contributed by atoms with Crippen LogP contribution in [0.4, 0.5) is 4.39 Å². The second kappa shape index (κ2) is 6.24. The van der Waals surface area contributed by atoms with E-state index in [9.17, 15) is 12.8 Å². The molecule has 0 aliphatic carbocycles. The van der Waals surface area contributed by atoms with Crippen LogP contribution in [-0.2, 0) is 22.1 Å². The molecule has 4 nitrogen and oxygen atoms in total. The smallest absolute Gasteiger partial charge is 0.182 e. The minimum absolute atomic E-state index is 0.0346. The van der Waals surface area contributed by atoms with Gasteiger partial charge in [-0.15, -0.1) is 0 Å². The summed E-state index contributed by atoms with van der Waals surface area (Å²) in [5.74, 6) is -0.175. The van der Waals surface area contributed by atoms with E-state index < -0.39 is 15.7 Å². The molecule has 0 aliphatic heterocycles. The van der Waals surface area contributed by atoms with E-state index in [1.54, 1.807) is 18.2 Å². The molecule has 112 valence electrons. The molecule has 0 unspecified atom stereocenters.